The number of nitrogens with zero attached hydrogens (tertiary/aromatic N) is 2. The molecule has 2 aliphatic carbocycles. The number of fused-ring (bicyclic) bond motifs is 2. The zero-order chi connectivity index (χ0) is 32.6. The summed E-state index contributed by atoms with van der Waals surface area (Å²) in [6, 6.07) is 6.86. The predicted molar refractivity (Wildman–Crippen MR) is 178 cm³/mol. The van der Waals surface area contributed by atoms with E-state index in [0.29, 0.717) is 24.2 Å². The first kappa shape index (κ1) is 30.5. The number of carbonyl (C=O) groups is 4. The first-order chi connectivity index (χ1) is 22.0. The second kappa shape index (κ2) is 11.3. The van der Waals surface area contributed by atoms with Crippen LogP contribution in [0.4, 0.5) is 0 Å². The van der Waals surface area contributed by atoms with Gasteiger partial charge in [-0.2, -0.15) is 0 Å². The highest BCUT2D eigenvalue weighted by molar-refractivity contribution is 6.25. The normalized spacial score (nSPS) is 21.6. The molecule has 5 unspecified atom stereocenters. The lowest BCUT2D eigenvalue weighted by atomic mass is 9.73. The van der Waals surface area contributed by atoms with Crippen LogP contribution in [0, 0.1) is 0 Å². The van der Waals surface area contributed by atoms with Crippen molar-refractivity contribution in [1.29, 1.82) is 0 Å². The van der Waals surface area contributed by atoms with Crippen LogP contribution in [-0.2, 0) is 19.1 Å². The molecule has 4 amide bonds. The number of rotatable bonds is 10. The van der Waals surface area contributed by atoms with Crippen molar-refractivity contribution in [2.24, 2.45) is 0 Å². The van der Waals surface area contributed by atoms with Gasteiger partial charge in [-0.05, 0) is 103 Å². The highest BCUT2D eigenvalue weighted by Crippen LogP contribution is 2.50. The van der Waals surface area contributed by atoms with E-state index < -0.39 is 17.9 Å². The summed E-state index contributed by atoms with van der Waals surface area (Å²) in [5.74, 6) is -2.22. The summed E-state index contributed by atoms with van der Waals surface area (Å²) >= 11 is 0. The number of ether oxygens (including phenoxy) is 2. The van der Waals surface area contributed by atoms with Crippen molar-refractivity contribution in [1.82, 2.24) is 9.80 Å². The Balaban J connectivity index is 1.34. The number of amides is 4. The van der Waals surface area contributed by atoms with E-state index >= 15 is 0 Å². The first-order valence-electron chi connectivity index (χ1n) is 16.5. The molecule has 0 bridgehead atoms. The average molecular weight is 621 g/mol. The minimum atomic E-state index is -0.588. The molecule has 0 aromatic heterocycles. The van der Waals surface area contributed by atoms with Gasteiger partial charge in [-0.3, -0.25) is 29.0 Å². The Labute approximate surface area is 269 Å². The van der Waals surface area contributed by atoms with E-state index in [1.807, 2.05) is 90.1 Å². The monoisotopic (exact) mass is 620 g/mol. The van der Waals surface area contributed by atoms with Crippen LogP contribution in [-0.4, -0.2) is 70.9 Å². The SMILES string of the molecule is CCC(C)OCC(C)N1C(=O)c2ccc3c4c5c6c(ccc5c5c3c2C(C=C5)C1=O)C(=O)N(C(C)CCOC(C)C)C(=O)C6C=C4. The largest absolute Gasteiger partial charge is 0.379 e. The Kier molecular flexibility index (Phi) is 7.48. The summed E-state index contributed by atoms with van der Waals surface area (Å²) in [4.78, 5) is 58.4. The summed E-state index contributed by atoms with van der Waals surface area (Å²) in [5, 5.41) is 3.58. The van der Waals surface area contributed by atoms with Gasteiger partial charge in [0.25, 0.3) is 11.8 Å². The topological polar surface area (TPSA) is 93.2 Å². The van der Waals surface area contributed by atoms with Crippen molar-refractivity contribution in [3.05, 3.63) is 69.8 Å². The van der Waals surface area contributed by atoms with E-state index in [0.717, 1.165) is 50.2 Å². The van der Waals surface area contributed by atoms with Gasteiger partial charge in [0, 0.05) is 23.8 Å². The van der Waals surface area contributed by atoms with Crippen molar-refractivity contribution in [3.8, 4) is 0 Å². The minimum Gasteiger partial charge on any atom is -0.379 e. The standard InChI is InChI=1S/C38H40N2O6/c1-7-22(6)46-18-21(5)40-37(43)29-14-10-25-23-8-12-27-33-28(36(42)39(35(27)41)20(4)16-17-45-19(2)3)13-9-24(31(23)33)26-11-15-30(38(40)44)34(29)32(25)26/h8-15,19-22,27,30H,7,16-18H2,1-6H3. The molecule has 8 nitrogen and oxygen atoms in total. The molecule has 0 saturated carbocycles. The Bertz CT molecular complexity index is 1900. The van der Waals surface area contributed by atoms with Gasteiger partial charge in [-0.1, -0.05) is 43.4 Å². The van der Waals surface area contributed by atoms with Gasteiger partial charge < -0.3 is 9.47 Å². The molecule has 2 aliphatic heterocycles. The molecule has 238 valence electrons. The van der Waals surface area contributed by atoms with Gasteiger partial charge >= 0.3 is 0 Å². The van der Waals surface area contributed by atoms with Gasteiger partial charge in [-0.25, -0.2) is 0 Å². The first-order valence-corrected chi connectivity index (χ1v) is 16.5. The van der Waals surface area contributed by atoms with Crippen LogP contribution >= 0.6 is 0 Å². The van der Waals surface area contributed by atoms with E-state index in [-0.39, 0.29) is 48.5 Å². The molecule has 3 aromatic carbocycles. The number of hydrogen-bond acceptors (Lipinski definition) is 6. The van der Waals surface area contributed by atoms with Crippen molar-refractivity contribution in [2.75, 3.05) is 13.2 Å². The van der Waals surface area contributed by atoms with E-state index in [1.165, 1.54) is 9.80 Å². The van der Waals surface area contributed by atoms with E-state index in [4.69, 9.17) is 9.47 Å². The predicted octanol–water partition coefficient (Wildman–Crippen LogP) is 6.59. The van der Waals surface area contributed by atoms with Gasteiger partial charge in [-0.15, -0.1) is 0 Å². The van der Waals surface area contributed by atoms with Crippen LogP contribution in [0.5, 0.6) is 0 Å². The molecule has 8 heteroatoms. The maximum absolute atomic E-state index is 13.9. The third kappa shape index (κ3) is 4.41. The van der Waals surface area contributed by atoms with Crippen LogP contribution in [0.2, 0.25) is 0 Å². The van der Waals surface area contributed by atoms with E-state index in [1.54, 1.807) is 0 Å². The Hall–Kier alpha value is -4.14. The third-order valence-electron chi connectivity index (χ3n) is 10.1. The maximum Gasteiger partial charge on any atom is 0.261 e. The number of hydrogen-bond donors (Lipinski definition) is 0. The molecule has 5 atom stereocenters. The Morgan fingerprint density at radius 3 is 1.67 bits per heavy atom. The lowest BCUT2D eigenvalue weighted by Crippen LogP contribution is -2.51. The minimum absolute atomic E-state index is 0.0378. The molecule has 3 aromatic rings. The van der Waals surface area contributed by atoms with E-state index in [2.05, 4.69) is 0 Å². The van der Waals surface area contributed by atoms with Crippen LogP contribution in [0.25, 0.3) is 33.7 Å². The molecule has 0 saturated heterocycles. The summed E-state index contributed by atoms with van der Waals surface area (Å²) in [6.07, 6.45) is 9.26. The molecule has 46 heavy (non-hydrogen) atoms. The zero-order valence-corrected chi connectivity index (χ0v) is 27.3. The molecular formula is C38H40N2O6. The smallest absolute Gasteiger partial charge is 0.261 e. The highest BCUT2D eigenvalue weighted by Gasteiger charge is 2.45. The average Bonchev–Trinajstić information content (AvgIpc) is 3.04. The lowest BCUT2D eigenvalue weighted by molar-refractivity contribution is -0.133. The Morgan fingerprint density at radius 2 is 1.20 bits per heavy atom. The van der Waals surface area contributed by atoms with Crippen LogP contribution in [0.15, 0.2) is 36.4 Å². The summed E-state index contributed by atoms with van der Waals surface area (Å²) in [6.45, 7) is 12.4. The molecule has 0 radical (unpaired) electrons. The summed E-state index contributed by atoms with van der Waals surface area (Å²) in [5.41, 5.74) is 4.35. The number of carbonyl (C=O) groups excluding carboxylic acids is 4. The third-order valence-corrected chi connectivity index (χ3v) is 10.1. The van der Waals surface area contributed by atoms with Gasteiger partial charge in [0.1, 0.15) is 0 Å². The molecule has 2 heterocycles. The van der Waals surface area contributed by atoms with Crippen molar-refractivity contribution in [2.45, 2.75) is 90.5 Å². The maximum atomic E-state index is 13.9. The van der Waals surface area contributed by atoms with Crippen LogP contribution in [0.3, 0.4) is 0 Å². The fourth-order valence-corrected chi connectivity index (χ4v) is 7.59. The highest BCUT2D eigenvalue weighted by atomic mass is 16.5. The quantitative estimate of drug-likeness (QED) is 0.188. The zero-order valence-electron chi connectivity index (χ0n) is 27.3. The van der Waals surface area contributed by atoms with Crippen LogP contribution < -0.4 is 0 Å². The molecule has 0 fully saturated rings. The molecule has 7 rings (SSSR count). The molecular weight excluding hydrogens is 580 g/mol. The van der Waals surface area contributed by atoms with Crippen molar-refractivity contribution < 1.29 is 28.7 Å². The van der Waals surface area contributed by atoms with E-state index in [9.17, 15) is 19.2 Å². The fraction of sp³-hybridized carbons (Fsp3) is 0.421. The molecule has 0 spiro atoms. The van der Waals surface area contributed by atoms with Gasteiger partial charge in [0.2, 0.25) is 11.8 Å². The lowest BCUT2D eigenvalue weighted by Gasteiger charge is -2.39. The number of benzene rings is 3. The molecule has 0 N–H and O–H groups in total. The van der Waals surface area contributed by atoms with Gasteiger partial charge in [0.15, 0.2) is 0 Å². The Morgan fingerprint density at radius 1 is 0.696 bits per heavy atom. The molecule has 4 aliphatic rings. The summed E-state index contributed by atoms with van der Waals surface area (Å²) < 4.78 is 11.6. The van der Waals surface area contributed by atoms with Gasteiger partial charge in [0.05, 0.1) is 36.7 Å². The van der Waals surface area contributed by atoms with Crippen LogP contribution in [0.1, 0.15) is 109 Å². The fourth-order valence-electron chi connectivity index (χ4n) is 7.59. The van der Waals surface area contributed by atoms with Crippen molar-refractivity contribution >= 4 is 57.3 Å². The second-order valence-corrected chi connectivity index (χ2v) is 13.4. The van der Waals surface area contributed by atoms with Crippen molar-refractivity contribution in [3.63, 3.8) is 0 Å². The summed E-state index contributed by atoms with van der Waals surface area (Å²) in [7, 11) is 0. The second-order valence-electron chi connectivity index (χ2n) is 13.4. The number of imide groups is 2.